The Morgan fingerprint density at radius 1 is 1.03 bits per heavy atom. The number of aromatic amines is 1. The summed E-state index contributed by atoms with van der Waals surface area (Å²) in [7, 11) is 2.20. The van der Waals surface area contributed by atoms with Gasteiger partial charge in [0.15, 0.2) is 12.0 Å². The highest BCUT2D eigenvalue weighted by atomic mass is 35.5. The third kappa shape index (κ3) is 10.3. The zero-order valence-corrected chi connectivity index (χ0v) is 24.6. The van der Waals surface area contributed by atoms with Gasteiger partial charge < -0.3 is 56.2 Å². The Morgan fingerprint density at radius 3 is 2.46 bits per heavy atom. The van der Waals surface area contributed by atoms with Crippen LogP contribution in [-0.2, 0) is 12.7 Å². The first-order valence-corrected chi connectivity index (χ1v) is 13.3. The molecule has 0 saturated carbocycles. The maximum atomic E-state index is 13.0. The van der Waals surface area contributed by atoms with E-state index in [4.69, 9.17) is 9.15 Å². The van der Waals surface area contributed by atoms with Crippen LogP contribution in [0.15, 0.2) is 56.9 Å². The summed E-state index contributed by atoms with van der Waals surface area (Å²) in [6.45, 7) is 5.56. The number of benzene rings is 1. The van der Waals surface area contributed by atoms with Crippen LogP contribution in [0.3, 0.4) is 0 Å². The number of pyridine rings is 1. The zero-order chi connectivity index (χ0) is 25.5. The van der Waals surface area contributed by atoms with Gasteiger partial charge in [-0.15, -0.1) is 11.8 Å². The predicted octanol–water partition coefficient (Wildman–Crippen LogP) is -7.11. The normalized spacial score (nSPS) is 17.0. The lowest BCUT2D eigenvalue weighted by molar-refractivity contribution is -1.01. The van der Waals surface area contributed by atoms with Crippen LogP contribution >= 0.6 is 11.8 Å². The maximum Gasteiger partial charge on any atom is 0.416 e. The molecule has 6 nitrogen and oxygen atoms in total. The van der Waals surface area contributed by atoms with Gasteiger partial charge in [0.05, 0.1) is 24.6 Å². The average molecular weight is 631 g/mol. The lowest BCUT2D eigenvalue weighted by Gasteiger charge is -2.26. The second-order valence-corrected chi connectivity index (χ2v) is 10.5. The Morgan fingerprint density at radius 2 is 1.77 bits per heavy atom. The van der Waals surface area contributed by atoms with Crippen molar-refractivity contribution in [2.45, 2.75) is 36.9 Å². The number of aromatic nitrogens is 1. The van der Waals surface area contributed by atoms with E-state index in [-0.39, 0.29) is 48.4 Å². The summed E-state index contributed by atoms with van der Waals surface area (Å²) < 4.78 is 50.2. The molecule has 1 fully saturated rings. The molecule has 0 bridgehead atoms. The molecule has 1 aromatic carbocycles. The molecule has 218 valence electrons. The number of quaternary nitrogens is 2. The summed E-state index contributed by atoms with van der Waals surface area (Å²) in [5.41, 5.74) is -0.333. The number of hydrogen-bond acceptors (Lipinski definition) is 4. The minimum Gasteiger partial charge on any atom is -1.00 e. The molecule has 3 aromatic rings. The van der Waals surface area contributed by atoms with Crippen molar-refractivity contribution < 1.29 is 74.3 Å². The Hall–Kier alpha value is -1.69. The van der Waals surface area contributed by atoms with Gasteiger partial charge in [-0.2, -0.15) is 13.2 Å². The van der Waals surface area contributed by atoms with E-state index in [1.54, 1.807) is 24.0 Å². The van der Waals surface area contributed by atoms with E-state index in [2.05, 4.69) is 12.0 Å². The maximum absolute atomic E-state index is 13.0. The number of halogens is 6. The Labute approximate surface area is 248 Å². The second kappa shape index (κ2) is 16.5. The van der Waals surface area contributed by atoms with Crippen LogP contribution in [0.1, 0.15) is 30.6 Å². The predicted molar refractivity (Wildman–Crippen MR) is 132 cm³/mol. The summed E-state index contributed by atoms with van der Waals surface area (Å²) in [5.74, 6) is 1.78. The number of H-pyrrole nitrogens is 1. The first kappa shape index (κ1) is 35.3. The van der Waals surface area contributed by atoms with E-state index < -0.39 is 11.7 Å². The van der Waals surface area contributed by atoms with Crippen LogP contribution < -0.4 is 62.2 Å². The molecule has 3 N–H and O–H groups in total. The molecule has 1 aliphatic heterocycles. The van der Waals surface area contributed by atoms with Crippen molar-refractivity contribution in [3.8, 4) is 5.75 Å². The SMILES string of the molecule is C[NH+]1CC[NH+](Cc2cc(=O)c(OCCCCCSc3cc[nH+]c4cc(C(F)(F)F)ccc34)co2)CC1.[Cl-].[Cl-].[Cl-]. The fourth-order valence-corrected chi connectivity index (χ4v) is 5.38. The number of likely N-dealkylation sites (N-methyl/N-ethyl adjacent to an activating group) is 1. The van der Waals surface area contributed by atoms with Gasteiger partial charge in [-0.05, 0) is 37.1 Å². The Kier molecular flexibility index (Phi) is 15.0. The van der Waals surface area contributed by atoms with Crippen molar-refractivity contribution in [3.63, 3.8) is 0 Å². The van der Waals surface area contributed by atoms with E-state index in [1.807, 2.05) is 6.07 Å². The first-order chi connectivity index (χ1) is 17.3. The molecule has 13 heteroatoms. The van der Waals surface area contributed by atoms with E-state index in [0.717, 1.165) is 80.2 Å². The van der Waals surface area contributed by atoms with Crippen LogP contribution in [0.4, 0.5) is 13.2 Å². The van der Waals surface area contributed by atoms with Gasteiger partial charge in [-0.3, -0.25) is 4.79 Å². The van der Waals surface area contributed by atoms with Gasteiger partial charge in [-0.1, -0.05) is 0 Å². The van der Waals surface area contributed by atoms with Crippen molar-refractivity contribution in [3.05, 3.63) is 64.3 Å². The Balaban J connectivity index is 0.00000253. The number of piperazine rings is 1. The molecule has 4 rings (SSSR count). The van der Waals surface area contributed by atoms with Crippen molar-refractivity contribution >= 4 is 22.7 Å². The van der Waals surface area contributed by atoms with E-state index in [1.165, 1.54) is 22.1 Å². The highest BCUT2D eigenvalue weighted by molar-refractivity contribution is 7.99. The number of alkyl halides is 3. The largest absolute Gasteiger partial charge is 1.00 e. The lowest BCUT2D eigenvalue weighted by atomic mass is 10.1. The third-order valence-corrected chi connectivity index (χ3v) is 7.64. The molecule has 0 spiro atoms. The summed E-state index contributed by atoms with van der Waals surface area (Å²) in [5, 5.41) is 0.782. The number of fused-ring (bicyclic) bond motifs is 1. The average Bonchev–Trinajstić information content (AvgIpc) is 2.85. The molecule has 0 aliphatic carbocycles. The molecule has 3 heterocycles. The third-order valence-electron chi connectivity index (χ3n) is 6.48. The molecule has 1 saturated heterocycles. The number of unbranched alkanes of at least 4 members (excludes halogenated alkanes) is 2. The molecule has 0 unspecified atom stereocenters. The number of thioether (sulfide) groups is 1. The molecule has 0 amide bonds. The van der Waals surface area contributed by atoms with E-state index >= 15 is 0 Å². The molecule has 2 aromatic heterocycles. The van der Waals surface area contributed by atoms with Crippen LogP contribution in [-0.4, -0.2) is 45.6 Å². The van der Waals surface area contributed by atoms with Crippen molar-refractivity contribution in [1.82, 2.24) is 0 Å². The standard InChI is InChI=1S/C26H30F3N3O3S.3ClH/c1-31-9-11-32(12-10-31)17-20-16-23(33)24(18-35-20)34-13-3-2-4-14-36-25-7-8-30-22-15-19(26(27,28)29)5-6-21(22)25;;;/h5-8,15-16,18H,2-4,9-14,17H2,1H3;3*1H. The number of hydrogen-bond donors (Lipinski definition) is 2. The first-order valence-electron chi connectivity index (χ1n) is 12.3. The second-order valence-electron chi connectivity index (χ2n) is 9.32. The molecular formula is C26H33Cl3F3N3O3S. The highest BCUT2D eigenvalue weighted by Crippen LogP contribution is 2.33. The van der Waals surface area contributed by atoms with Gasteiger partial charge >= 0.3 is 6.18 Å². The van der Waals surface area contributed by atoms with E-state index in [0.29, 0.717) is 17.9 Å². The smallest absolute Gasteiger partial charge is 0.416 e. The monoisotopic (exact) mass is 629 g/mol. The van der Waals surface area contributed by atoms with Gasteiger partial charge in [0, 0.05) is 23.1 Å². The summed E-state index contributed by atoms with van der Waals surface area (Å²) in [6.07, 6.45) is 1.38. The van der Waals surface area contributed by atoms with Crippen molar-refractivity contribution in [2.24, 2.45) is 0 Å². The summed E-state index contributed by atoms with van der Waals surface area (Å²) >= 11 is 1.63. The summed E-state index contributed by atoms with van der Waals surface area (Å²) in [4.78, 5) is 19.2. The minimum atomic E-state index is -4.36. The van der Waals surface area contributed by atoms with E-state index in [9.17, 15) is 18.0 Å². The molecule has 39 heavy (non-hydrogen) atoms. The van der Waals surface area contributed by atoms with Gasteiger partial charge in [0.2, 0.25) is 16.7 Å². The number of ether oxygens (including phenoxy) is 1. The number of nitrogens with one attached hydrogen (secondary N) is 3. The Bertz CT molecular complexity index is 1230. The van der Waals surface area contributed by atoms with Crippen LogP contribution in [0, 0.1) is 0 Å². The van der Waals surface area contributed by atoms with Crippen molar-refractivity contribution in [2.75, 3.05) is 45.6 Å². The van der Waals surface area contributed by atoms with Crippen molar-refractivity contribution in [1.29, 1.82) is 0 Å². The minimum absolute atomic E-state index is 0. The molecule has 0 atom stereocenters. The van der Waals surface area contributed by atoms with Crippen LogP contribution in [0.5, 0.6) is 5.75 Å². The highest BCUT2D eigenvalue weighted by Gasteiger charge is 2.31. The molecule has 1 aliphatic rings. The van der Waals surface area contributed by atoms with Gasteiger partial charge in [0.25, 0.3) is 0 Å². The van der Waals surface area contributed by atoms with Crippen LogP contribution in [0.2, 0.25) is 0 Å². The number of rotatable bonds is 10. The van der Waals surface area contributed by atoms with Crippen LogP contribution in [0.25, 0.3) is 10.9 Å². The summed E-state index contributed by atoms with van der Waals surface area (Å²) in [6, 6.07) is 7.22. The lowest BCUT2D eigenvalue weighted by Crippen LogP contribution is -3.26. The van der Waals surface area contributed by atoms with Gasteiger partial charge in [-0.25, -0.2) is 4.98 Å². The molecule has 0 radical (unpaired) electrons. The topological polar surface area (TPSA) is 62.5 Å². The molecular weight excluding hydrogens is 598 g/mol. The van der Waals surface area contributed by atoms with Gasteiger partial charge in [0.1, 0.15) is 39.0 Å². The fraction of sp³-hybridized carbons (Fsp3) is 0.462. The fourth-order valence-electron chi connectivity index (χ4n) is 4.31. The zero-order valence-electron chi connectivity index (χ0n) is 21.5. The quantitative estimate of drug-likeness (QED) is 0.173.